The Bertz CT molecular complexity index is 438. The van der Waals surface area contributed by atoms with Gasteiger partial charge in [-0.2, -0.15) is 0 Å². The lowest BCUT2D eigenvalue weighted by Gasteiger charge is -2.19. The van der Waals surface area contributed by atoms with E-state index in [2.05, 4.69) is 0 Å². The number of methoxy groups -OCH3 is 1. The average Bonchev–Trinajstić information content (AvgIpc) is 3.02. The predicted molar refractivity (Wildman–Crippen MR) is 62.6 cm³/mol. The van der Waals surface area contributed by atoms with Gasteiger partial charge in [0, 0.05) is 6.04 Å². The summed E-state index contributed by atoms with van der Waals surface area (Å²) in [6, 6.07) is 1.79. The van der Waals surface area contributed by atoms with Crippen molar-refractivity contribution in [3.8, 4) is 5.75 Å². The smallest absolute Gasteiger partial charge is 0.323 e. The Morgan fingerprint density at radius 1 is 1.59 bits per heavy atom. The van der Waals surface area contributed by atoms with Gasteiger partial charge in [-0.25, -0.2) is 0 Å². The van der Waals surface area contributed by atoms with Gasteiger partial charge < -0.3 is 14.7 Å². The molecule has 0 unspecified atom stereocenters. The van der Waals surface area contributed by atoms with Crippen LogP contribution in [0, 0.1) is 0 Å². The van der Waals surface area contributed by atoms with Crippen molar-refractivity contribution >= 4 is 23.2 Å². The van der Waals surface area contributed by atoms with Gasteiger partial charge in [-0.3, -0.25) is 9.59 Å². The van der Waals surface area contributed by atoms with Crippen molar-refractivity contribution in [3.05, 3.63) is 16.3 Å². The van der Waals surface area contributed by atoms with Crippen molar-refractivity contribution in [1.82, 2.24) is 4.90 Å². The topological polar surface area (TPSA) is 66.8 Å². The monoisotopic (exact) mass is 255 g/mol. The van der Waals surface area contributed by atoms with Crippen molar-refractivity contribution in [2.45, 2.75) is 18.9 Å². The van der Waals surface area contributed by atoms with Crippen molar-refractivity contribution in [2.24, 2.45) is 0 Å². The number of nitrogens with zero attached hydrogens (tertiary/aromatic N) is 1. The van der Waals surface area contributed by atoms with E-state index in [1.807, 2.05) is 0 Å². The highest BCUT2D eigenvalue weighted by Gasteiger charge is 2.35. The molecule has 0 aromatic carbocycles. The minimum absolute atomic E-state index is 0.0745. The molecular weight excluding hydrogens is 242 g/mol. The number of amides is 1. The summed E-state index contributed by atoms with van der Waals surface area (Å²) >= 11 is 1.27. The standard InChI is InChI=1S/C11H13NO4S/c1-16-8-4-5-17-10(8)11(15)12(6-9(13)14)7-2-3-7/h4-5,7H,2-3,6H2,1H3,(H,13,14). The van der Waals surface area contributed by atoms with Crippen LogP contribution in [0.15, 0.2) is 11.4 Å². The molecule has 1 aromatic heterocycles. The second-order valence-electron chi connectivity index (χ2n) is 3.88. The summed E-state index contributed by atoms with van der Waals surface area (Å²) in [6.07, 6.45) is 1.76. The highest BCUT2D eigenvalue weighted by atomic mass is 32.1. The van der Waals surface area contributed by atoms with E-state index < -0.39 is 5.97 Å². The summed E-state index contributed by atoms with van der Waals surface area (Å²) in [5, 5.41) is 10.6. The van der Waals surface area contributed by atoms with Crippen LogP contribution >= 0.6 is 11.3 Å². The molecule has 1 saturated carbocycles. The first kappa shape index (κ1) is 11.9. The third kappa shape index (κ3) is 2.58. The normalized spacial score (nSPS) is 14.4. The molecule has 0 atom stereocenters. The van der Waals surface area contributed by atoms with E-state index in [-0.39, 0.29) is 18.5 Å². The first-order valence-corrected chi connectivity index (χ1v) is 6.15. The van der Waals surface area contributed by atoms with Gasteiger partial charge in [-0.05, 0) is 24.3 Å². The number of carboxylic acid groups (broad SMARTS) is 1. The van der Waals surface area contributed by atoms with Crippen LogP contribution in [-0.4, -0.2) is 41.6 Å². The van der Waals surface area contributed by atoms with Gasteiger partial charge in [0.2, 0.25) is 0 Å². The second-order valence-corrected chi connectivity index (χ2v) is 4.79. The Morgan fingerprint density at radius 3 is 2.82 bits per heavy atom. The van der Waals surface area contributed by atoms with Crippen LogP contribution in [0.1, 0.15) is 22.5 Å². The minimum Gasteiger partial charge on any atom is -0.495 e. The van der Waals surface area contributed by atoms with Crippen molar-refractivity contribution < 1.29 is 19.4 Å². The lowest BCUT2D eigenvalue weighted by atomic mass is 10.3. The molecule has 1 amide bonds. The first-order chi connectivity index (χ1) is 8.13. The van der Waals surface area contributed by atoms with Crippen LogP contribution in [0.5, 0.6) is 5.75 Å². The zero-order valence-electron chi connectivity index (χ0n) is 9.38. The first-order valence-electron chi connectivity index (χ1n) is 5.27. The van der Waals surface area contributed by atoms with Gasteiger partial charge in [-0.1, -0.05) is 0 Å². The second kappa shape index (κ2) is 4.75. The van der Waals surface area contributed by atoms with E-state index in [0.717, 1.165) is 12.8 Å². The zero-order chi connectivity index (χ0) is 12.4. The largest absolute Gasteiger partial charge is 0.495 e. The summed E-state index contributed by atoms with van der Waals surface area (Å²) in [7, 11) is 1.50. The fraction of sp³-hybridized carbons (Fsp3) is 0.455. The Kier molecular flexibility index (Phi) is 3.33. The van der Waals surface area contributed by atoms with Crippen molar-refractivity contribution in [1.29, 1.82) is 0 Å². The molecule has 2 rings (SSSR count). The maximum atomic E-state index is 12.2. The van der Waals surface area contributed by atoms with Crippen LogP contribution in [0.4, 0.5) is 0 Å². The van der Waals surface area contributed by atoms with E-state index in [1.54, 1.807) is 11.4 Å². The van der Waals surface area contributed by atoms with Gasteiger partial charge in [0.05, 0.1) is 7.11 Å². The molecule has 0 radical (unpaired) electrons. The summed E-state index contributed by atoms with van der Waals surface area (Å²) in [4.78, 5) is 24.8. The van der Waals surface area contributed by atoms with Crippen LogP contribution in [0.25, 0.3) is 0 Å². The van der Waals surface area contributed by atoms with Crippen molar-refractivity contribution in [3.63, 3.8) is 0 Å². The van der Waals surface area contributed by atoms with E-state index in [1.165, 1.54) is 23.3 Å². The number of hydrogen-bond acceptors (Lipinski definition) is 4. The van der Waals surface area contributed by atoms with Gasteiger partial charge in [-0.15, -0.1) is 11.3 Å². The van der Waals surface area contributed by atoms with Gasteiger partial charge in [0.25, 0.3) is 5.91 Å². The molecule has 6 heteroatoms. The van der Waals surface area contributed by atoms with Crippen LogP contribution in [0.2, 0.25) is 0 Å². The van der Waals surface area contributed by atoms with Crippen molar-refractivity contribution in [2.75, 3.05) is 13.7 Å². The molecule has 1 aromatic rings. The molecule has 92 valence electrons. The Hall–Kier alpha value is -1.56. The van der Waals surface area contributed by atoms with Crippen LogP contribution in [-0.2, 0) is 4.79 Å². The van der Waals surface area contributed by atoms with E-state index in [4.69, 9.17) is 9.84 Å². The maximum Gasteiger partial charge on any atom is 0.323 e. The van der Waals surface area contributed by atoms with E-state index in [0.29, 0.717) is 10.6 Å². The molecule has 17 heavy (non-hydrogen) atoms. The molecule has 1 N–H and O–H groups in total. The summed E-state index contributed by atoms with van der Waals surface area (Å²) in [6.45, 7) is -0.245. The molecule has 1 fully saturated rings. The summed E-state index contributed by atoms with van der Waals surface area (Å²) in [5.41, 5.74) is 0. The molecule has 0 saturated heterocycles. The summed E-state index contributed by atoms with van der Waals surface area (Å²) in [5.74, 6) is -0.724. The average molecular weight is 255 g/mol. The zero-order valence-corrected chi connectivity index (χ0v) is 10.2. The predicted octanol–water partition coefficient (Wildman–Crippen LogP) is 1.45. The molecule has 1 aliphatic carbocycles. The fourth-order valence-corrected chi connectivity index (χ4v) is 2.46. The highest BCUT2D eigenvalue weighted by molar-refractivity contribution is 7.12. The molecular formula is C11H13NO4S. The van der Waals surface area contributed by atoms with Crippen LogP contribution in [0.3, 0.4) is 0 Å². The lowest BCUT2D eigenvalue weighted by molar-refractivity contribution is -0.137. The minimum atomic E-state index is -0.985. The number of ether oxygens (including phenoxy) is 1. The number of carbonyl (C=O) groups is 2. The van der Waals surface area contributed by atoms with Gasteiger partial charge in [0.1, 0.15) is 17.2 Å². The lowest BCUT2D eigenvalue weighted by Crippen LogP contribution is -2.37. The molecule has 1 aliphatic rings. The summed E-state index contributed by atoms with van der Waals surface area (Å²) < 4.78 is 5.08. The number of carboxylic acids is 1. The van der Waals surface area contributed by atoms with E-state index >= 15 is 0 Å². The van der Waals surface area contributed by atoms with Gasteiger partial charge in [0.15, 0.2) is 0 Å². The number of hydrogen-bond donors (Lipinski definition) is 1. The van der Waals surface area contributed by atoms with Crippen LogP contribution < -0.4 is 4.74 Å². The molecule has 0 spiro atoms. The number of aliphatic carboxylic acids is 1. The molecule has 0 bridgehead atoms. The highest BCUT2D eigenvalue weighted by Crippen LogP contribution is 2.32. The Balaban J connectivity index is 2.18. The SMILES string of the molecule is COc1ccsc1C(=O)N(CC(=O)O)C1CC1. The molecule has 1 heterocycles. The molecule has 5 nitrogen and oxygen atoms in total. The third-order valence-electron chi connectivity index (χ3n) is 2.60. The Labute approximate surface area is 103 Å². The number of carbonyl (C=O) groups excluding carboxylic acids is 1. The van der Waals surface area contributed by atoms with E-state index in [9.17, 15) is 9.59 Å². The number of rotatable bonds is 5. The van der Waals surface area contributed by atoms with Gasteiger partial charge >= 0.3 is 5.97 Å². The Morgan fingerprint density at radius 2 is 2.29 bits per heavy atom. The number of thiophene rings is 1. The maximum absolute atomic E-state index is 12.2. The quantitative estimate of drug-likeness (QED) is 0.864. The fourth-order valence-electron chi connectivity index (χ4n) is 1.64. The molecule has 0 aliphatic heterocycles. The third-order valence-corrected chi connectivity index (χ3v) is 3.48.